The van der Waals surface area contributed by atoms with Crippen LogP contribution in [-0.2, 0) is 20.9 Å². The summed E-state index contributed by atoms with van der Waals surface area (Å²) in [4.78, 5) is 42.4. The number of carbonyl (C=O) groups excluding carboxylic acids is 2. The molecule has 0 spiro atoms. The third-order valence-electron chi connectivity index (χ3n) is 6.69. The number of ether oxygens (including phenoxy) is 1. The number of anilines is 1. The highest BCUT2D eigenvalue weighted by atomic mass is 16.5. The van der Waals surface area contributed by atoms with Crippen molar-refractivity contribution >= 4 is 17.5 Å². The molecule has 1 N–H and O–H groups in total. The maximum absolute atomic E-state index is 12.7. The summed E-state index contributed by atoms with van der Waals surface area (Å²) in [5, 5.41) is 15.1. The zero-order chi connectivity index (χ0) is 24.8. The van der Waals surface area contributed by atoms with Crippen LogP contribution in [0, 0.1) is 18.3 Å². The van der Waals surface area contributed by atoms with Gasteiger partial charge in [0, 0.05) is 51.1 Å². The third kappa shape index (κ3) is 5.52. The van der Waals surface area contributed by atoms with Gasteiger partial charge in [0.25, 0.3) is 5.56 Å². The monoisotopic (exact) mass is 478 g/mol. The number of aromatic amines is 1. The number of amides is 2. The summed E-state index contributed by atoms with van der Waals surface area (Å²) in [6.45, 7) is 5.10. The molecule has 1 atom stereocenters. The van der Waals surface area contributed by atoms with Crippen molar-refractivity contribution < 1.29 is 14.3 Å². The van der Waals surface area contributed by atoms with Gasteiger partial charge < -0.3 is 19.4 Å². The van der Waals surface area contributed by atoms with E-state index in [1.165, 1.54) is 5.56 Å². The topological polar surface area (TPSA) is 123 Å². The minimum atomic E-state index is -0.212. The Kier molecular flexibility index (Phi) is 7.77. The Morgan fingerprint density at radius 2 is 1.83 bits per heavy atom. The lowest BCUT2D eigenvalue weighted by Gasteiger charge is -2.35. The van der Waals surface area contributed by atoms with Gasteiger partial charge in [0.1, 0.15) is 0 Å². The molecule has 1 saturated heterocycles. The molecule has 2 aromatic rings. The molecule has 1 aromatic carbocycles. The van der Waals surface area contributed by atoms with Crippen LogP contribution in [0.4, 0.5) is 5.69 Å². The summed E-state index contributed by atoms with van der Waals surface area (Å²) in [6.07, 6.45) is 2.38. The van der Waals surface area contributed by atoms with E-state index in [2.05, 4.69) is 27.2 Å². The van der Waals surface area contributed by atoms with Gasteiger partial charge in [0.05, 0.1) is 43.6 Å². The Morgan fingerprint density at radius 3 is 2.54 bits per heavy atom. The molecule has 2 aliphatic heterocycles. The van der Waals surface area contributed by atoms with Crippen LogP contribution >= 0.6 is 0 Å². The number of benzene rings is 1. The SMILES string of the molecule is Cc1c(N2Cc3ccccc3[C@@H]2COCCC(=O)N2CCN(C(=O)CCC#N)CC2)cn[nH]c1=O. The molecular formula is C25H30N6O4. The Labute approximate surface area is 204 Å². The molecule has 1 aromatic heterocycles. The van der Waals surface area contributed by atoms with Crippen molar-refractivity contribution in [1.29, 1.82) is 5.26 Å². The number of H-pyrrole nitrogens is 1. The van der Waals surface area contributed by atoms with Gasteiger partial charge in [-0.05, 0) is 18.1 Å². The van der Waals surface area contributed by atoms with Gasteiger partial charge in [-0.2, -0.15) is 10.4 Å². The summed E-state index contributed by atoms with van der Waals surface area (Å²) >= 11 is 0. The van der Waals surface area contributed by atoms with E-state index in [-0.39, 0.29) is 42.7 Å². The molecule has 10 nitrogen and oxygen atoms in total. The number of rotatable bonds is 8. The average Bonchev–Trinajstić information content (AvgIpc) is 3.25. The number of fused-ring (bicyclic) bond motifs is 1. The van der Waals surface area contributed by atoms with E-state index in [0.29, 0.717) is 51.5 Å². The lowest BCUT2D eigenvalue weighted by atomic mass is 10.1. The van der Waals surface area contributed by atoms with Crippen LogP contribution in [0.1, 0.15) is 42.0 Å². The molecule has 1 fully saturated rings. The van der Waals surface area contributed by atoms with Crippen molar-refractivity contribution in [2.75, 3.05) is 44.3 Å². The number of nitriles is 1. The number of hydrogen-bond donors (Lipinski definition) is 1. The van der Waals surface area contributed by atoms with E-state index in [9.17, 15) is 14.4 Å². The molecule has 184 valence electrons. The molecule has 0 unspecified atom stereocenters. The second kappa shape index (κ2) is 11.1. The molecule has 0 bridgehead atoms. The summed E-state index contributed by atoms with van der Waals surface area (Å²) in [5.74, 6) is -0.0262. The van der Waals surface area contributed by atoms with E-state index in [4.69, 9.17) is 10.00 Å². The first-order valence-corrected chi connectivity index (χ1v) is 11.9. The molecule has 3 heterocycles. The minimum Gasteiger partial charge on any atom is -0.378 e. The van der Waals surface area contributed by atoms with Gasteiger partial charge in [-0.25, -0.2) is 5.10 Å². The third-order valence-corrected chi connectivity index (χ3v) is 6.69. The lowest BCUT2D eigenvalue weighted by Crippen LogP contribution is -2.50. The van der Waals surface area contributed by atoms with Crippen molar-refractivity contribution in [3.63, 3.8) is 0 Å². The summed E-state index contributed by atoms with van der Waals surface area (Å²) in [6, 6.07) is 10.1. The van der Waals surface area contributed by atoms with Crippen LogP contribution in [0.2, 0.25) is 0 Å². The van der Waals surface area contributed by atoms with Crippen molar-refractivity contribution in [3.8, 4) is 6.07 Å². The Morgan fingerprint density at radius 1 is 1.14 bits per heavy atom. The van der Waals surface area contributed by atoms with Crippen LogP contribution in [0.3, 0.4) is 0 Å². The van der Waals surface area contributed by atoms with E-state index >= 15 is 0 Å². The van der Waals surface area contributed by atoms with E-state index in [1.54, 1.807) is 22.9 Å². The van der Waals surface area contributed by atoms with E-state index < -0.39 is 0 Å². The van der Waals surface area contributed by atoms with Crippen LogP contribution in [-0.4, -0.2) is 71.2 Å². The van der Waals surface area contributed by atoms with E-state index in [1.807, 2.05) is 18.2 Å². The zero-order valence-corrected chi connectivity index (χ0v) is 19.9. The van der Waals surface area contributed by atoms with Crippen LogP contribution in [0.15, 0.2) is 35.3 Å². The largest absolute Gasteiger partial charge is 0.378 e. The fourth-order valence-electron chi connectivity index (χ4n) is 4.68. The zero-order valence-electron chi connectivity index (χ0n) is 19.9. The van der Waals surface area contributed by atoms with Gasteiger partial charge in [-0.15, -0.1) is 0 Å². The molecule has 0 saturated carbocycles. The first-order chi connectivity index (χ1) is 17.0. The van der Waals surface area contributed by atoms with Gasteiger partial charge in [-0.1, -0.05) is 24.3 Å². The first-order valence-electron chi connectivity index (χ1n) is 11.9. The normalized spacial score (nSPS) is 17.3. The summed E-state index contributed by atoms with van der Waals surface area (Å²) in [7, 11) is 0. The van der Waals surface area contributed by atoms with E-state index in [0.717, 1.165) is 11.3 Å². The molecule has 4 rings (SSSR count). The number of aromatic nitrogens is 2. The minimum absolute atomic E-state index is 0.00689. The second-order valence-electron chi connectivity index (χ2n) is 8.80. The molecular weight excluding hydrogens is 448 g/mol. The highest BCUT2D eigenvalue weighted by Gasteiger charge is 2.32. The van der Waals surface area contributed by atoms with Crippen molar-refractivity contribution in [1.82, 2.24) is 20.0 Å². The van der Waals surface area contributed by atoms with Crippen molar-refractivity contribution in [2.45, 2.75) is 38.8 Å². The average molecular weight is 479 g/mol. The summed E-state index contributed by atoms with van der Waals surface area (Å²) in [5.41, 5.74) is 3.50. The molecule has 10 heteroatoms. The predicted molar refractivity (Wildman–Crippen MR) is 128 cm³/mol. The molecule has 2 aliphatic rings. The van der Waals surface area contributed by atoms with Crippen LogP contribution in [0.25, 0.3) is 0 Å². The standard InChI is InChI=1S/C25H30N6O4/c1-18-21(15-27-28-25(18)34)31-16-19-5-2-3-6-20(19)22(31)17-35-14-8-24(33)30-12-10-29(11-13-30)23(32)7-4-9-26/h2-3,5-6,15,22H,4,7-8,10-14,16-17H2,1H3,(H,28,34)/t22-/m0/s1. The number of hydrogen-bond acceptors (Lipinski definition) is 7. The maximum Gasteiger partial charge on any atom is 0.269 e. The molecule has 2 amide bonds. The van der Waals surface area contributed by atoms with Gasteiger partial charge in [0.15, 0.2) is 0 Å². The number of nitrogens with one attached hydrogen (secondary N) is 1. The highest BCUT2D eigenvalue weighted by Crippen LogP contribution is 2.38. The smallest absolute Gasteiger partial charge is 0.269 e. The Bertz CT molecular complexity index is 1170. The summed E-state index contributed by atoms with van der Waals surface area (Å²) < 4.78 is 5.97. The second-order valence-corrected chi connectivity index (χ2v) is 8.80. The predicted octanol–water partition coefficient (Wildman–Crippen LogP) is 1.52. The van der Waals surface area contributed by atoms with Crippen molar-refractivity contribution in [3.05, 3.63) is 57.5 Å². The van der Waals surface area contributed by atoms with Crippen molar-refractivity contribution in [2.24, 2.45) is 0 Å². The maximum atomic E-state index is 12.7. The van der Waals surface area contributed by atoms with Crippen LogP contribution < -0.4 is 10.5 Å². The molecule has 0 radical (unpaired) electrons. The quantitative estimate of drug-likeness (QED) is 0.571. The molecule has 35 heavy (non-hydrogen) atoms. The van der Waals surface area contributed by atoms with Crippen LogP contribution in [0.5, 0.6) is 0 Å². The Hall–Kier alpha value is -3.71. The first kappa shape index (κ1) is 24.4. The van der Waals surface area contributed by atoms with Gasteiger partial charge in [0.2, 0.25) is 11.8 Å². The number of piperazine rings is 1. The number of nitrogens with zero attached hydrogens (tertiary/aromatic N) is 5. The fourth-order valence-corrected chi connectivity index (χ4v) is 4.68. The lowest BCUT2D eigenvalue weighted by molar-refractivity contribution is -0.140. The van der Waals surface area contributed by atoms with Gasteiger partial charge in [-0.3, -0.25) is 14.4 Å². The highest BCUT2D eigenvalue weighted by molar-refractivity contribution is 5.78. The Balaban J connectivity index is 1.30. The molecule has 0 aliphatic carbocycles. The fraction of sp³-hybridized carbons (Fsp3) is 0.480. The number of carbonyl (C=O) groups is 2. The van der Waals surface area contributed by atoms with Gasteiger partial charge >= 0.3 is 0 Å².